The maximum atomic E-state index is 11.9. The van der Waals surface area contributed by atoms with Gasteiger partial charge in [-0.05, 0) is 26.3 Å². The van der Waals surface area contributed by atoms with Crippen LogP contribution in [0.4, 0.5) is 0 Å². The molecule has 1 saturated heterocycles. The molecule has 0 radical (unpaired) electrons. The molecule has 0 spiro atoms. The number of nitrogens with zero attached hydrogens (tertiary/aromatic N) is 1. The predicted molar refractivity (Wildman–Crippen MR) is 58.1 cm³/mol. The molecule has 0 aliphatic carbocycles. The van der Waals surface area contributed by atoms with E-state index in [-0.39, 0.29) is 5.92 Å². The van der Waals surface area contributed by atoms with E-state index >= 15 is 0 Å². The van der Waals surface area contributed by atoms with Crippen LogP contribution in [0.1, 0.15) is 33.1 Å². The van der Waals surface area contributed by atoms with Crippen LogP contribution < -0.4 is 5.32 Å². The first-order valence-electron chi connectivity index (χ1n) is 5.65. The van der Waals surface area contributed by atoms with Crippen LogP contribution in [0.2, 0.25) is 0 Å². The summed E-state index contributed by atoms with van der Waals surface area (Å²) in [5.74, 6) is 0.521. The molecule has 1 heterocycles. The Bertz CT molecular complexity index is 194. The molecule has 2 atom stereocenters. The zero-order valence-electron chi connectivity index (χ0n) is 9.55. The summed E-state index contributed by atoms with van der Waals surface area (Å²) >= 11 is 0. The monoisotopic (exact) mass is 198 g/mol. The number of carbonyl (C=O) groups excluding carboxylic acids is 1. The number of hydrogen-bond acceptors (Lipinski definition) is 2. The van der Waals surface area contributed by atoms with Crippen LogP contribution in [-0.2, 0) is 4.79 Å². The Morgan fingerprint density at radius 2 is 2.29 bits per heavy atom. The van der Waals surface area contributed by atoms with Crippen LogP contribution >= 0.6 is 0 Å². The molecule has 0 saturated carbocycles. The molecule has 0 aromatic rings. The summed E-state index contributed by atoms with van der Waals surface area (Å²) in [4.78, 5) is 13.8. The van der Waals surface area contributed by atoms with Gasteiger partial charge in [0.05, 0.1) is 5.92 Å². The van der Waals surface area contributed by atoms with Gasteiger partial charge in [0.25, 0.3) is 0 Å². The third-order valence-corrected chi connectivity index (χ3v) is 3.07. The first-order chi connectivity index (χ1) is 6.66. The topological polar surface area (TPSA) is 32.3 Å². The molecule has 1 amide bonds. The highest BCUT2D eigenvalue weighted by Gasteiger charge is 2.30. The second-order valence-electron chi connectivity index (χ2n) is 4.25. The molecule has 14 heavy (non-hydrogen) atoms. The minimum absolute atomic E-state index is 0.205. The van der Waals surface area contributed by atoms with Crippen LogP contribution in [0.25, 0.3) is 0 Å². The van der Waals surface area contributed by atoms with Crippen LogP contribution in [0.15, 0.2) is 0 Å². The van der Waals surface area contributed by atoms with Crippen molar-refractivity contribution in [2.45, 2.75) is 39.2 Å². The number of unbranched alkanes of at least 4 members (excludes halogenated alkanes) is 1. The summed E-state index contributed by atoms with van der Waals surface area (Å²) in [6.45, 7) is 6.14. The second kappa shape index (κ2) is 5.35. The van der Waals surface area contributed by atoms with Crippen molar-refractivity contribution < 1.29 is 4.79 Å². The van der Waals surface area contributed by atoms with E-state index in [1.54, 1.807) is 0 Å². The molecule has 1 aliphatic heterocycles. The van der Waals surface area contributed by atoms with Gasteiger partial charge < -0.3 is 10.2 Å². The van der Waals surface area contributed by atoms with E-state index in [2.05, 4.69) is 19.2 Å². The largest absolute Gasteiger partial charge is 0.345 e. The SMILES string of the molecule is CCCCN(C)C(=O)C1CCNC1C. The highest BCUT2D eigenvalue weighted by molar-refractivity contribution is 5.79. The first-order valence-corrected chi connectivity index (χ1v) is 5.65. The van der Waals surface area contributed by atoms with Crippen LogP contribution in [0.3, 0.4) is 0 Å². The predicted octanol–water partition coefficient (Wildman–Crippen LogP) is 1.24. The summed E-state index contributed by atoms with van der Waals surface area (Å²) in [5.41, 5.74) is 0. The zero-order chi connectivity index (χ0) is 10.6. The lowest BCUT2D eigenvalue weighted by Gasteiger charge is -2.22. The number of hydrogen-bond donors (Lipinski definition) is 1. The van der Waals surface area contributed by atoms with Crippen molar-refractivity contribution >= 4 is 5.91 Å². The minimum Gasteiger partial charge on any atom is -0.345 e. The summed E-state index contributed by atoms with van der Waals surface area (Å²) in [7, 11) is 1.92. The Kier molecular flexibility index (Phi) is 4.39. The van der Waals surface area contributed by atoms with Crippen molar-refractivity contribution in [2.75, 3.05) is 20.1 Å². The van der Waals surface area contributed by atoms with Gasteiger partial charge in [-0.2, -0.15) is 0 Å². The highest BCUT2D eigenvalue weighted by Crippen LogP contribution is 2.17. The zero-order valence-corrected chi connectivity index (χ0v) is 9.55. The Hall–Kier alpha value is -0.570. The third-order valence-electron chi connectivity index (χ3n) is 3.07. The van der Waals surface area contributed by atoms with Crippen molar-refractivity contribution in [3.63, 3.8) is 0 Å². The molecular weight excluding hydrogens is 176 g/mol. The molecular formula is C11H22N2O. The molecule has 0 aromatic carbocycles. The maximum absolute atomic E-state index is 11.9. The molecule has 3 heteroatoms. The Morgan fingerprint density at radius 3 is 2.79 bits per heavy atom. The van der Waals surface area contributed by atoms with Gasteiger partial charge in [-0.15, -0.1) is 0 Å². The van der Waals surface area contributed by atoms with Gasteiger partial charge in [0.2, 0.25) is 5.91 Å². The average Bonchev–Trinajstić information content (AvgIpc) is 2.59. The Morgan fingerprint density at radius 1 is 1.57 bits per heavy atom. The number of nitrogens with one attached hydrogen (secondary N) is 1. The molecule has 1 aliphatic rings. The average molecular weight is 198 g/mol. The van der Waals surface area contributed by atoms with Crippen LogP contribution in [0, 0.1) is 5.92 Å². The number of carbonyl (C=O) groups is 1. The third kappa shape index (κ3) is 2.71. The second-order valence-corrected chi connectivity index (χ2v) is 4.25. The van der Waals surface area contributed by atoms with Gasteiger partial charge in [-0.1, -0.05) is 13.3 Å². The van der Waals surface area contributed by atoms with Gasteiger partial charge >= 0.3 is 0 Å². The summed E-state index contributed by atoms with van der Waals surface area (Å²) in [5, 5.41) is 3.31. The van der Waals surface area contributed by atoms with Crippen molar-refractivity contribution in [3.05, 3.63) is 0 Å². The molecule has 0 aromatic heterocycles. The van der Waals surface area contributed by atoms with Crippen molar-refractivity contribution in [2.24, 2.45) is 5.92 Å². The van der Waals surface area contributed by atoms with Gasteiger partial charge in [0, 0.05) is 19.6 Å². The van der Waals surface area contributed by atoms with E-state index in [0.29, 0.717) is 11.9 Å². The van der Waals surface area contributed by atoms with Gasteiger partial charge in [0.1, 0.15) is 0 Å². The lowest BCUT2D eigenvalue weighted by atomic mass is 10.0. The number of rotatable bonds is 4. The van der Waals surface area contributed by atoms with Crippen molar-refractivity contribution in [1.82, 2.24) is 10.2 Å². The molecule has 1 fully saturated rings. The lowest BCUT2D eigenvalue weighted by Crippen LogP contribution is -2.38. The fourth-order valence-corrected chi connectivity index (χ4v) is 1.98. The molecule has 1 rings (SSSR count). The van der Waals surface area contributed by atoms with Gasteiger partial charge in [-0.25, -0.2) is 0 Å². The Labute approximate surface area is 86.9 Å². The van der Waals surface area contributed by atoms with Crippen molar-refractivity contribution in [1.29, 1.82) is 0 Å². The summed E-state index contributed by atoms with van der Waals surface area (Å²) < 4.78 is 0. The lowest BCUT2D eigenvalue weighted by molar-refractivity contribution is -0.134. The maximum Gasteiger partial charge on any atom is 0.227 e. The summed E-state index contributed by atoms with van der Waals surface area (Å²) in [6.07, 6.45) is 3.25. The van der Waals surface area contributed by atoms with Gasteiger partial charge in [0.15, 0.2) is 0 Å². The standard InChI is InChI=1S/C11H22N2O/c1-4-5-8-13(3)11(14)10-6-7-12-9(10)2/h9-10,12H,4-8H2,1-3H3. The number of amides is 1. The van der Waals surface area contributed by atoms with E-state index in [0.717, 1.165) is 32.4 Å². The Balaban J connectivity index is 2.39. The van der Waals surface area contributed by atoms with E-state index in [9.17, 15) is 4.79 Å². The molecule has 3 nitrogen and oxygen atoms in total. The van der Waals surface area contributed by atoms with Crippen LogP contribution in [0.5, 0.6) is 0 Å². The normalized spacial score (nSPS) is 26.5. The van der Waals surface area contributed by atoms with Crippen LogP contribution in [-0.4, -0.2) is 37.0 Å². The first kappa shape index (κ1) is 11.5. The highest BCUT2D eigenvalue weighted by atomic mass is 16.2. The van der Waals surface area contributed by atoms with E-state index in [1.165, 1.54) is 0 Å². The molecule has 2 unspecified atom stereocenters. The molecule has 82 valence electrons. The fourth-order valence-electron chi connectivity index (χ4n) is 1.98. The smallest absolute Gasteiger partial charge is 0.227 e. The van der Waals surface area contributed by atoms with E-state index in [4.69, 9.17) is 0 Å². The minimum atomic E-state index is 0.205. The summed E-state index contributed by atoms with van der Waals surface area (Å²) in [6, 6.07) is 0.353. The van der Waals surface area contributed by atoms with Gasteiger partial charge in [-0.3, -0.25) is 4.79 Å². The quantitative estimate of drug-likeness (QED) is 0.737. The molecule has 0 bridgehead atoms. The molecule has 1 N–H and O–H groups in total. The van der Waals surface area contributed by atoms with E-state index < -0.39 is 0 Å². The van der Waals surface area contributed by atoms with E-state index in [1.807, 2.05) is 11.9 Å². The van der Waals surface area contributed by atoms with Crippen molar-refractivity contribution in [3.8, 4) is 0 Å². The fraction of sp³-hybridized carbons (Fsp3) is 0.909.